The Balaban J connectivity index is 1.83. The normalized spacial score (nSPS) is 18.2. The molecule has 29 heavy (non-hydrogen) atoms. The Kier molecular flexibility index (Phi) is 5.91. The monoisotopic (exact) mass is 406 g/mol. The SMILES string of the molecule is C[C@H](CC(=O)O)NC(=O)c1cnc2c(C3=CCC(C(F)(F)F)CC3)cccc2c1. The zero-order valence-electron chi connectivity index (χ0n) is 15.8. The van der Waals surface area contributed by atoms with E-state index in [2.05, 4.69) is 10.3 Å². The standard InChI is InChI=1S/C21H21F3N2O3/c1-12(9-18(27)28)26-20(29)15-10-14-3-2-4-17(19(14)25-11-15)13-5-7-16(8-6-13)21(22,23)24/h2-5,10-12,16H,6-9H2,1H3,(H,26,29)(H,27,28)/t12-,16?/m1/s1. The van der Waals surface area contributed by atoms with Gasteiger partial charge in [0.25, 0.3) is 5.91 Å². The van der Waals surface area contributed by atoms with E-state index in [9.17, 15) is 22.8 Å². The van der Waals surface area contributed by atoms with Gasteiger partial charge in [0.05, 0.1) is 23.4 Å². The number of benzene rings is 1. The topological polar surface area (TPSA) is 79.3 Å². The second-order valence-corrected chi connectivity index (χ2v) is 7.32. The average Bonchev–Trinajstić information content (AvgIpc) is 2.65. The zero-order chi connectivity index (χ0) is 21.2. The summed E-state index contributed by atoms with van der Waals surface area (Å²) in [5.74, 6) is -2.74. The van der Waals surface area contributed by atoms with E-state index in [1.165, 1.54) is 6.20 Å². The number of hydrogen-bond donors (Lipinski definition) is 2. The number of carbonyl (C=O) groups excluding carboxylic acids is 1. The number of rotatable bonds is 5. The first-order chi connectivity index (χ1) is 13.6. The fourth-order valence-electron chi connectivity index (χ4n) is 3.54. The van der Waals surface area contributed by atoms with E-state index in [0.29, 0.717) is 22.9 Å². The number of alkyl halides is 3. The summed E-state index contributed by atoms with van der Waals surface area (Å²) in [6.45, 7) is 1.60. The number of aromatic nitrogens is 1. The predicted molar refractivity (Wildman–Crippen MR) is 102 cm³/mol. The van der Waals surface area contributed by atoms with Gasteiger partial charge in [-0.3, -0.25) is 14.6 Å². The lowest BCUT2D eigenvalue weighted by atomic mass is 9.85. The first kappa shape index (κ1) is 20.8. The lowest BCUT2D eigenvalue weighted by molar-refractivity contribution is -0.175. The van der Waals surface area contributed by atoms with Gasteiger partial charge in [-0.05, 0) is 37.8 Å². The number of hydrogen-bond acceptors (Lipinski definition) is 3. The highest BCUT2D eigenvalue weighted by atomic mass is 19.4. The number of carboxylic acids is 1. The fourth-order valence-corrected chi connectivity index (χ4v) is 3.54. The number of aliphatic carboxylic acids is 1. The number of fused-ring (bicyclic) bond motifs is 1. The Labute approximate surface area is 165 Å². The Morgan fingerprint density at radius 2 is 2.10 bits per heavy atom. The molecule has 1 aromatic carbocycles. The Morgan fingerprint density at radius 3 is 2.72 bits per heavy atom. The summed E-state index contributed by atoms with van der Waals surface area (Å²) in [6.07, 6.45) is -1.02. The number of nitrogens with zero attached hydrogens (tertiary/aromatic N) is 1. The number of halogens is 3. The van der Waals surface area contributed by atoms with Gasteiger partial charge in [-0.1, -0.05) is 24.3 Å². The van der Waals surface area contributed by atoms with Gasteiger partial charge in [-0.2, -0.15) is 13.2 Å². The number of nitrogens with one attached hydrogen (secondary N) is 1. The lowest BCUT2D eigenvalue weighted by Gasteiger charge is -2.24. The summed E-state index contributed by atoms with van der Waals surface area (Å²) >= 11 is 0. The molecule has 0 radical (unpaired) electrons. The highest BCUT2D eigenvalue weighted by Crippen LogP contribution is 2.40. The number of para-hydroxylation sites is 1. The van der Waals surface area contributed by atoms with E-state index in [0.717, 1.165) is 11.1 Å². The molecular formula is C21H21F3N2O3. The molecule has 0 saturated carbocycles. The molecule has 3 rings (SSSR count). The molecule has 8 heteroatoms. The highest BCUT2D eigenvalue weighted by Gasteiger charge is 2.39. The van der Waals surface area contributed by atoms with Crippen LogP contribution in [0.2, 0.25) is 0 Å². The Morgan fingerprint density at radius 1 is 1.34 bits per heavy atom. The van der Waals surface area contributed by atoms with Crippen LogP contribution in [0.15, 0.2) is 36.5 Å². The van der Waals surface area contributed by atoms with E-state index in [1.54, 1.807) is 31.2 Å². The molecule has 0 spiro atoms. The summed E-state index contributed by atoms with van der Waals surface area (Å²) in [5.41, 5.74) is 2.52. The summed E-state index contributed by atoms with van der Waals surface area (Å²) in [7, 11) is 0. The van der Waals surface area contributed by atoms with E-state index < -0.39 is 30.0 Å². The summed E-state index contributed by atoms with van der Waals surface area (Å²) in [4.78, 5) is 27.4. The first-order valence-electron chi connectivity index (χ1n) is 9.32. The molecule has 1 aromatic heterocycles. The molecule has 2 atom stereocenters. The van der Waals surface area contributed by atoms with Gasteiger partial charge in [-0.25, -0.2) is 0 Å². The molecule has 1 aliphatic carbocycles. The maximum absolute atomic E-state index is 12.9. The molecule has 0 aliphatic heterocycles. The van der Waals surface area contributed by atoms with Gasteiger partial charge in [-0.15, -0.1) is 0 Å². The molecule has 0 fully saturated rings. The number of allylic oxidation sites excluding steroid dienone is 2. The number of carboxylic acid groups (broad SMARTS) is 1. The third-order valence-corrected chi connectivity index (χ3v) is 5.05. The molecule has 154 valence electrons. The van der Waals surface area contributed by atoms with E-state index in [4.69, 9.17) is 5.11 Å². The van der Waals surface area contributed by atoms with E-state index in [1.807, 2.05) is 6.07 Å². The molecule has 2 N–H and O–H groups in total. The molecular weight excluding hydrogens is 385 g/mol. The maximum atomic E-state index is 12.9. The lowest BCUT2D eigenvalue weighted by Crippen LogP contribution is -2.34. The average molecular weight is 406 g/mol. The van der Waals surface area contributed by atoms with Crippen LogP contribution in [-0.2, 0) is 4.79 Å². The fraction of sp³-hybridized carbons (Fsp3) is 0.381. The van der Waals surface area contributed by atoms with Gasteiger partial charge < -0.3 is 10.4 Å². The van der Waals surface area contributed by atoms with Gasteiger partial charge in [0, 0.05) is 23.2 Å². The summed E-state index contributed by atoms with van der Waals surface area (Å²) < 4.78 is 38.7. The minimum atomic E-state index is -4.18. The van der Waals surface area contributed by atoms with Crippen molar-refractivity contribution in [3.05, 3.63) is 47.7 Å². The van der Waals surface area contributed by atoms with Crippen LogP contribution in [0.25, 0.3) is 16.5 Å². The molecule has 1 unspecified atom stereocenters. The second-order valence-electron chi connectivity index (χ2n) is 7.32. The predicted octanol–water partition coefficient (Wildman–Crippen LogP) is 4.57. The maximum Gasteiger partial charge on any atom is 0.392 e. The third-order valence-electron chi connectivity index (χ3n) is 5.05. The van der Waals surface area contributed by atoms with Crippen molar-refractivity contribution >= 4 is 28.4 Å². The van der Waals surface area contributed by atoms with Crippen molar-refractivity contribution in [3.63, 3.8) is 0 Å². The summed E-state index contributed by atoms with van der Waals surface area (Å²) in [5, 5.41) is 12.1. The Bertz CT molecular complexity index is 969. The van der Waals surface area contributed by atoms with Crippen molar-refractivity contribution in [2.24, 2.45) is 5.92 Å². The number of carbonyl (C=O) groups is 2. The molecule has 1 aliphatic rings. The molecule has 0 bridgehead atoms. The zero-order valence-corrected chi connectivity index (χ0v) is 15.8. The van der Waals surface area contributed by atoms with Crippen molar-refractivity contribution in [3.8, 4) is 0 Å². The van der Waals surface area contributed by atoms with Crippen molar-refractivity contribution in [1.29, 1.82) is 0 Å². The van der Waals surface area contributed by atoms with Crippen LogP contribution in [0.1, 0.15) is 48.5 Å². The van der Waals surface area contributed by atoms with Crippen LogP contribution in [-0.4, -0.2) is 34.2 Å². The number of pyridine rings is 1. The van der Waals surface area contributed by atoms with Crippen LogP contribution >= 0.6 is 0 Å². The van der Waals surface area contributed by atoms with Crippen molar-refractivity contribution < 1.29 is 27.9 Å². The largest absolute Gasteiger partial charge is 0.481 e. The van der Waals surface area contributed by atoms with Crippen LogP contribution in [0, 0.1) is 5.92 Å². The molecule has 2 aromatic rings. The van der Waals surface area contributed by atoms with E-state index in [-0.39, 0.29) is 19.3 Å². The molecule has 5 nitrogen and oxygen atoms in total. The summed E-state index contributed by atoms with van der Waals surface area (Å²) in [6, 6.07) is 6.51. The highest BCUT2D eigenvalue weighted by molar-refractivity contribution is 5.99. The molecule has 1 amide bonds. The third kappa shape index (κ3) is 4.93. The minimum absolute atomic E-state index is 0.0445. The van der Waals surface area contributed by atoms with Crippen LogP contribution < -0.4 is 5.32 Å². The van der Waals surface area contributed by atoms with Crippen molar-refractivity contribution in [2.45, 2.75) is 44.8 Å². The van der Waals surface area contributed by atoms with Crippen LogP contribution in [0.5, 0.6) is 0 Å². The van der Waals surface area contributed by atoms with Crippen LogP contribution in [0.3, 0.4) is 0 Å². The first-order valence-corrected chi connectivity index (χ1v) is 9.32. The molecule has 1 heterocycles. The van der Waals surface area contributed by atoms with Gasteiger partial charge >= 0.3 is 12.1 Å². The van der Waals surface area contributed by atoms with Gasteiger partial charge in [0.1, 0.15) is 0 Å². The minimum Gasteiger partial charge on any atom is -0.481 e. The quantitative estimate of drug-likeness (QED) is 0.762. The van der Waals surface area contributed by atoms with Gasteiger partial charge in [0.15, 0.2) is 0 Å². The number of amides is 1. The van der Waals surface area contributed by atoms with Crippen molar-refractivity contribution in [1.82, 2.24) is 10.3 Å². The van der Waals surface area contributed by atoms with Gasteiger partial charge in [0.2, 0.25) is 0 Å². The van der Waals surface area contributed by atoms with Crippen LogP contribution in [0.4, 0.5) is 13.2 Å². The molecule has 0 saturated heterocycles. The van der Waals surface area contributed by atoms with E-state index >= 15 is 0 Å². The smallest absolute Gasteiger partial charge is 0.392 e. The second kappa shape index (κ2) is 8.23. The Hall–Kier alpha value is -2.90. The van der Waals surface area contributed by atoms with Crippen molar-refractivity contribution in [2.75, 3.05) is 0 Å².